The average Bonchev–Trinajstić information content (AvgIpc) is 1.30. The van der Waals surface area contributed by atoms with Gasteiger partial charge in [-0.15, -0.1) is 12.4 Å². The largest absolute Gasteiger partial charge is 0.229 e. The van der Waals surface area contributed by atoms with E-state index in [4.69, 9.17) is 0 Å². The van der Waals surface area contributed by atoms with E-state index in [-0.39, 0.29) is 18.2 Å². The maximum atomic E-state index is 10.0. The molecular weight excluding hydrogens is 150 g/mol. The summed E-state index contributed by atoms with van der Waals surface area (Å²) in [6, 6.07) is 0. The Morgan fingerprint density at radius 1 is 1.50 bits per heavy atom. The average molecular weight is 160 g/mol. The van der Waals surface area contributed by atoms with E-state index in [9.17, 15) is 8.42 Å². The molecule has 0 fully saturated rings. The van der Waals surface area contributed by atoms with Gasteiger partial charge in [-0.25, -0.2) is 13.6 Å². The summed E-state index contributed by atoms with van der Waals surface area (Å²) in [6.45, 7) is 1.77. The van der Waals surface area contributed by atoms with Crippen LogP contribution in [0.3, 0.4) is 0 Å². The maximum absolute atomic E-state index is 10.0. The molecule has 8 heavy (non-hydrogen) atoms. The van der Waals surface area contributed by atoms with Gasteiger partial charge in [0.25, 0.3) is 0 Å². The van der Waals surface area contributed by atoms with Crippen LogP contribution < -0.4 is 5.14 Å². The Kier molecular flexibility index (Phi) is 5.69. The molecule has 3 nitrogen and oxygen atoms in total. The number of halogens is 1. The predicted octanol–water partition coefficient (Wildman–Crippen LogP) is 0.107. The highest BCUT2D eigenvalue weighted by molar-refractivity contribution is 7.89. The lowest BCUT2D eigenvalue weighted by Gasteiger charge is -1.87. The number of sulfonamides is 1. The van der Waals surface area contributed by atoms with Gasteiger partial charge in [-0.05, 0) is 6.42 Å². The Morgan fingerprint density at radius 2 is 1.88 bits per heavy atom. The van der Waals surface area contributed by atoms with Gasteiger partial charge in [-0.1, -0.05) is 6.92 Å². The molecule has 0 bridgehead atoms. The third-order valence-corrected chi connectivity index (χ3v) is 1.47. The Morgan fingerprint density at radius 3 is 1.88 bits per heavy atom. The molecule has 0 amide bonds. The lowest BCUT2D eigenvalue weighted by molar-refractivity contribution is 0.596. The molecule has 0 saturated heterocycles. The summed E-state index contributed by atoms with van der Waals surface area (Å²) in [4.78, 5) is 0. The van der Waals surface area contributed by atoms with E-state index in [2.05, 4.69) is 5.14 Å². The molecule has 0 aromatic carbocycles. The first kappa shape index (κ1) is 11.1. The fraction of sp³-hybridized carbons (Fsp3) is 1.00. The minimum atomic E-state index is -3.17. The van der Waals surface area contributed by atoms with Gasteiger partial charge in [0.1, 0.15) is 0 Å². The summed E-state index contributed by atoms with van der Waals surface area (Å²) in [7, 11) is -3.17. The van der Waals surface area contributed by atoms with Crippen LogP contribution in [0.25, 0.3) is 0 Å². The third-order valence-electron chi connectivity index (χ3n) is 0.489. The molecule has 0 aromatic heterocycles. The zero-order valence-corrected chi connectivity index (χ0v) is 6.26. The van der Waals surface area contributed by atoms with Gasteiger partial charge in [0, 0.05) is 0 Å². The van der Waals surface area contributed by atoms with Gasteiger partial charge >= 0.3 is 0 Å². The minimum absolute atomic E-state index is 0. The topological polar surface area (TPSA) is 60.2 Å². The fourth-order valence-corrected chi connectivity index (χ4v) is 0.854. The van der Waals surface area contributed by atoms with E-state index in [1.54, 1.807) is 6.92 Å². The molecule has 0 atom stereocenters. The number of hydrogen-bond donors (Lipinski definition) is 1. The van der Waals surface area contributed by atoms with Crippen molar-refractivity contribution >= 4 is 22.4 Å². The van der Waals surface area contributed by atoms with Gasteiger partial charge < -0.3 is 0 Å². The molecule has 2 N–H and O–H groups in total. The van der Waals surface area contributed by atoms with E-state index in [0.717, 1.165) is 0 Å². The Balaban J connectivity index is 0. The van der Waals surface area contributed by atoms with Crippen LogP contribution in [0, 0.1) is 0 Å². The maximum Gasteiger partial charge on any atom is 0.209 e. The van der Waals surface area contributed by atoms with Crippen LogP contribution in [0.15, 0.2) is 0 Å². The van der Waals surface area contributed by atoms with Crippen LogP contribution in [0.2, 0.25) is 0 Å². The molecule has 0 rings (SSSR count). The lowest BCUT2D eigenvalue weighted by Crippen LogP contribution is -2.15. The lowest BCUT2D eigenvalue weighted by atomic mass is 10.6. The monoisotopic (exact) mass is 159 g/mol. The number of hydrogen-bond acceptors (Lipinski definition) is 2. The van der Waals surface area contributed by atoms with E-state index < -0.39 is 10.0 Å². The molecular formula is C3H10ClNO2S. The van der Waals surface area contributed by atoms with Crippen molar-refractivity contribution in [2.24, 2.45) is 5.14 Å². The fourth-order valence-electron chi connectivity index (χ4n) is 0.285. The SMILES string of the molecule is CCCS(N)(=O)=O.Cl. The van der Waals surface area contributed by atoms with Crippen molar-refractivity contribution in [1.29, 1.82) is 0 Å². The van der Waals surface area contributed by atoms with Gasteiger partial charge in [-0.3, -0.25) is 0 Å². The van der Waals surface area contributed by atoms with E-state index in [1.807, 2.05) is 0 Å². The molecule has 0 aromatic rings. The van der Waals surface area contributed by atoms with Gasteiger partial charge in [0.2, 0.25) is 10.0 Å². The van der Waals surface area contributed by atoms with Crippen molar-refractivity contribution in [2.45, 2.75) is 13.3 Å². The van der Waals surface area contributed by atoms with Crippen LogP contribution in [0.4, 0.5) is 0 Å². The summed E-state index contributed by atoms with van der Waals surface area (Å²) in [5.74, 6) is 0.0903. The highest BCUT2D eigenvalue weighted by Crippen LogP contribution is 1.79. The van der Waals surface area contributed by atoms with Crippen LogP contribution in [0.1, 0.15) is 13.3 Å². The summed E-state index contributed by atoms with van der Waals surface area (Å²) >= 11 is 0. The van der Waals surface area contributed by atoms with Gasteiger partial charge in [-0.2, -0.15) is 0 Å². The Bertz CT molecular complexity index is 130. The minimum Gasteiger partial charge on any atom is -0.229 e. The van der Waals surface area contributed by atoms with E-state index >= 15 is 0 Å². The highest BCUT2D eigenvalue weighted by atomic mass is 35.5. The number of rotatable bonds is 2. The quantitative estimate of drug-likeness (QED) is 0.622. The van der Waals surface area contributed by atoms with Crippen molar-refractivity contribution in [2.75, 3.05) is 5.75 Å². The van der Waals surface area contributed by atoms with Crippen LogP contribution in [-0.2, 0) is 10.0 Å². The van der Waals surface area contributed by atoms with Crippen LogP contribution >= 0.6 is 12.4 Å². The first-order valence-electron chi connectivity index (χ1n) is 2.06. The van der Waals surface area contributed by atoms with Crippen molar-refractivity contribution in [3.05, 3.63) is 0 Å². The first-order valence-corrected chi connectivity index (χ1v) is 3.78. The highest BCUT2D eigenvalue weighted by Gasteiger charge is 1.95. The number of primary sulfonamides is 1. The first-order chi connectivity index (χ1) is 3.06. The normalized spacial score (nSPS) is 10.2. The molecule has 0 radical (unpaired) electrons. The van der Waals surface area contributed by atoms with E-state index in [1.165, 1.54) is 0 Å². The summed E-state index contributed by atoms with van der Waals surface area (Å²) in [5.41, 5.74) is 0. The summed E-state index contributed by atoms with van der Waals surface area (Å²) < 4.78 is 20.0. The van der Waals surface area contributed by atoms with Crippen molar-refractivity contribution < 1.29 is 8.42 Å². The molecule has 5 heteroatoms. The van der Waals surface area contributed by atoms with Gasteiger partial charge in [0.15, 0.2) is 0 Å². The molecule has 52 valence electrons. The smallest absolute Gasteiger partial charge is 0.209 e. The Labute approximate surface area is 55.7 Å². The second kappa shape index (κ2) is 4.12. The second-order valence-corrected chi connectivity index (χ2v) is 3.10. The number of nitrogens with two attached hydrogens (primary N) is 1. The van der Waals surface area contributed by atoms with Crippen molar-refractivity contribution in [3.8, 4) is 0 Å². The van der Waals surface area contributed by atoms with Crippen molar-refractivity contribution in [3.63, 3.8) is 0 Å². The molecule has 0 aliphatic rings. The van der Waals surface area contributed by atoms with Crippen molar-refractivity contribution in [1.82, 2.24) is 0 Å². The summed E-state index contributed by atoms with van der Waals surface area (Å²) in [6.07, 6.45) is 0.596. The van der Waals surface area contributed by atoms with Crippen LogP contribution in [0.5, 0.6) is 0 Å². The molecule has 0 aliphatic carbocycles. The van der Waals surface area contributed by atoms with Gasteiger partial charge in [0.05, 0.1) is 5.75 Å². The molecule has 0 heterocycles. The summed E-state index contributed by atoms with van der Waals surface area (Å²) in [5, 5.41) is 4.62. The second-order valence-electron chi connectivity index (χ2n) is 1.37. The molecule has 0 saturated carbocycles. The molecule has 0 unspecified atom stereocenters. The van der Waals surface area contributed by atoms with Crippen LogP contribution in [-0.4, -0.2) is 14.2 Å². The zero-order valence-electron chi connectivity index (χ0n) is 4.62. The third kappa shape index (κ3) is 9.50. The standard InChI is InChI=1S/C3H9NO2S.ClH/c1-2-3-7(4,5)6;/h2-3H2,1H3,(H2,4,5,6);1H. The predicted molar refractivity (Wildman–Crippen MR) is 35.5 cm³/mol. The van der Waals surface area contributed by atoms with E-state index in [0.29, 0.717) is 6.42 Å². The molecule has 0 spiro atoms. The molecule has 0 aliphatic heterocycles. The zero-order chi connectivity index (χ0) is 5.91. The Hall–Kier alpha value is 0.200.